The number of aryl methyl sites for hydroxylation is 4. The highest BCUT2D eigenvalue weighted by molar-refractivity contribution is 5.87. The quantitative estimate of drug-likeness (QED) is 0.0952. The minimum atomic E-state index is -0.129. The number of nitrogens with zero attached hydrogens (tertiary/aromatic N) is 2. The summed E-state index contributed by atoms with van der Waals surface area (Å²) in [6.45, 7) is 28.1. The Labute approximate surface area is 440 Å². The van der Waals surface area contributed by atoms with Crippen molar-refractivity contribution in [3.8, 4) is 33.4 Å². The highest BCUT2D eigenvalue weighted by atomic mass is 15.1. The van der Waals surface area contributed by atoms with Crippen molar-refractivity contribution in [1.29, 1.82) is 0 Å². The molecule has 0 N–H and O–H groups in total. The van der Waals surface area contributed by atoms with Gasteiger partial charge < -0.3 is 9.80 Å². The molecule has 2 unspecified atom stereocenters. The second-order valence-electron chi connectivity index (χ2n) is 24.5. The Balaban J connectivity index is 1.13. The van der Waals surface area contributed by atoms with Crippen molar-refractivity contribution in [3.05, 3.63) is 215 Å². The van der Waals surface area contributed by atoms with Crippen LogP contribution in [0.3, 0.4) is 0 Å². The van der Waals surface area contributed by atoms with Crippen molar-refractivity contribution in [1.82, 2.24) is 0 Å². The molecule has 1 aliphatic rings. The highest BCUT2D eigenvalue weighted by Gasteiger charge is 2.44. The Morgan fingerprint density at radius 1 is 0.342 bits per heavy atom. The molecular weight excluding hydrogens is 881 g/mol. The lowest BCUT2D eigenvalue weighted by Gasteiger charge is -2.36. The first-order valence-electron chi connectivity index (χ1n) is 27.2. The Hall–Kier alpha value is -6.64. The molecule has 73 heavy (non-hydrogen) atoms. The SMILES string of the molecule is Cc1ccc(N(c2ccc(C)cc2)c2ccc(-c3ccc4c(c3)C(CCC(C)CC(C)(C)C)(CCC(C)CC(C)(C)C)c3cc(-c5ccc(N(c6ccc(C)cc6)c6ccc(C)cc6)cc5)ccc3-4)cc2)cc1. The molecule has 0 bridgehead atoms. The number of anilines is 6. The van der Waals surface area contributed by atoms with Gasteiger partial charge >= 0.3 is 0 Å². The zero-order valence-electron chi connectivity index (χ0n) is 46.1. The Morgan fingerprint density at radius 2 is 0.589 bits per heavy atom. The summed E-state index contributed by atoms with van der Waals surface area (Å²) in [6.07, 6.45) is 7.05. The topological polar surface area (TPSA) is 6.48 Å². The molecule has 0 radical (unpaired) electrons. The van der Waals surface area contributed by atoms with Crippen molar-refractivity contribution in [2.45, 2.75) is 127 Å². The molecular formula is C71H80N2. The van der Waals surface area contributed by atoms with Crippen LogP contribution in [0.2, 0.25) is 0 Å². The van der Waals surface area contributed by atoms with E-state index in [9.17, 15) is 0 Å². The van der Waals surface area contributed by atoms with Gasteiger partial charge in [-0.3, -0.25) is 0 Å². The van der Waals surface area contributed by atoms with Crippen molar-refractivity contribution >= 4 is 34.1 Å². The molecule has 0 fully saturated rings. The lowest BCUT2D eigenvalue weighted by molar-refractivity contribution is 0.257. The zero-order valence-corrected chi connectivity index (χ0v) is 46.1. The lowest BCUT2D eigenvalue weighted by Crippen LogP contribution is -2.28. The first-order chi connectivity index (χ1) is 34.8. The van der Waals surface area contributed by atoms with Gasteiger partial charge in [0.15, 0.2) is 0 Å². The molecule has 9 rings (SSSR count). The molecule has 2 atom stereocenters. The van der Waals surface area contributed by atoms with Crippen LogP contribution in [0.25, 0.3) is 33.4 Å². The summed E-state index contributed by atoms with van der Waals surface area (Å²) in [5, 5.41) is 0. The molecule has 8 aromatic rings. The molecule has 0 aliphatic heterocycles. The van der Waals surface area contributed by atoms with Gasteiger partial charge in [-0.05, 0) is 218 Å². The van der Waals surface area contributed by atoms with Crippen LogP contribution in [0.1, 0.15) is 127 Å². The first-order valence-corrected chi connectivity index (χ1v) is 27.2. The Morgan fingerprint density at radius 3 is 0.849 bits per heavy atom. The maximum absolute atomic E-state index is 2.60. The van der Waals surface area contributed by atoms with Gasteiger partial charge in [-0.2, -0.15) is 0 Å². The van der Waals surface area contributed by atoms with Crippen molar-refractivity contribution in [3.63, 3.8) is 0 Å². The molecule has 0 spiro atoms. The summed E-state index contributed by atoms with van der Waals surface area (Å²) in [5.74, 6) is 1.22. The van der Waals surface area contributed by atoms with Gasteiger partial charge in [-0.25, -0.2) is 0 Å². The average molecular weight is 961 g/mol. The fourth-order valence-corrected chi connectivity index (χ4v) is 12.1. The van der Waals surface area contributed by atoms with Crippen molar-refractivity contribution < 1.29 is 0 Å². The van der Waals surface area contributed by atoms with E-state index in [1.807, 2.05) is 0 Å². The summed E-state index contributed by atoms with van der Waals surface area (Å²) in [6, 6.07) is 69.0. The predicted octanol–water partition coefficient (Wildman–Crippen LogP) is 21.2. The third-order valence-electron chi connectivity index (χ3n) is 15.5. The maximum Gasteiger partial charge on any atom is 0.0462 e. The molecule has 0 heterocycles. The minimum Gasteiger partial charge on any atom is -0.311 e. The van der Waals surface area contributed by atoms with Crippen molar-refractivity contribution in [2.24, 2.45) is 22.7 Å². The molecule has 2 nitrogen and oxygen atoms in total. The van der Waals surface area contributed by atoms with Crippen LogP contribution < -0.4 is 9.80 Å². The maximum atomic E-state index is 2.60. The van der Waals surface area contributed by atoms with Crippen LogP contribution in [-0.2, 0) is 5.41 Å². The summed E-state index contributed by atoms with van der Waals surface area (Å²) >= 11 is 0. The second-order valence-corrected chi connectivity index (χ2v) is 24.5. The molecule has 0 aromatic heterocycles. The average Bonchev–Trinajstić information content (AvgIpc) is 3.62. The van der Waals surface area contributed by atoms with Crippen LogP contribution in [0, 0.1) is 50.4 Å². The van der Waals surface area contributed by atoms with E-state index in [1.165, 1.54) is 92.4 Å². The number of rotatable bonds is 16. The number of hydrogen-bond donors (Lipinski definition) is 0. The van der Waals surface area contributed by atoms with Crippen LogP contribution in [-0.4, -0.2) is 0 Å². The van der Waals surface area contributed by atoms with E-state index in [1.54, 1.807) is 0 Å². The molecule has 0 saturated carbocycles. The van der Waals surface area contributed by atoms with Gasteiger partial charge in [0.05, 0.1) is 0 Å². The van der Waals surface area contributed by atoms with Crippen LogP contribution in [0.4, 0.5) is 34.1 Å². The second kappa shape index (κ2) is 21.1. The summed E-state index contributed by atoms with van der Waals surface area (Å²) in [7, 11) is 0. The fourth-order valence-electron chi connectivity index (χ4n) is 12.1. The van der Waals surface area contributed by atoms with E-state index in [0.717, 1.165) is 47.0 Å². The fraction of sp³-hybridized carbons (Fsp3) is 0.324. The predicted molar refractivity (Wildman–Crippen MR) is 317 cm³/mol. The monoisotopic (exact) mass is 961 g/mol. The largest absolute Gasteiger partial charge is 0.311 e. The van der Waals surface area contributed by atoms with Gasteiger partial charge in [-0.1, -0.05) is 175 Å². The van der Waals surface area contributed by atoms with Crippen LogP contribution >= 0.6 is 0 Å². The van der Waals surface area contributed by atoms with Gasteiger partial charge in [-0.15, -0.1) is 0 Å². The molecule has 374 valence electrons. The van der Waals surface area contributed by atoms with Gasteiger partial charge in [0.2, 0.25) is 0 Å². The molecule has 2 heteroatoms. The minimum absolute atomic E-state index is 0.129. The molecule has 0 amide bonds. The normalized spacial score (nSPS) is 13.8. The third kappa shape index (κ3) is 11.8. The summed E-state index contributed by atoms with van der Waals surface area (Å²) < 4.78 is 0. The molecule has 8 aromatic carbocycles. The van der Waals surface area contributed by atoms with E-state index >= 15 is 0 Å². The zero-order chi connectivity index (χ0) is 51.7. The van der Waals surface area contributed by atoms with E-state index in [-0.39, 0.29) is 16.2 Å². The van der Waals surface area contributed by atoms with E-state index < -0.39 is 0 Å². The number of benzene rings is 8. The Kier molecular flexibility index (Phi) is 14.8. The Bertz CT molecular complexity index is 2800. The van der Waals surface area contributed by atoms with Crippen LogP contribution in [0.5, 0.6) is 0 Å². The molecule has 0 saturated heterocycles. The smallest absolute Gasteiger partial charge is 0.0462 e. The molecule has 1 aliphatic carbocycles. The number of hydrogen-bond acceptors (Lipinski definition) is 2. The lowest BCUT2D eigenvalue weighted by atomic mass is 9.67. The first kappa shape index (κ1) is 51.3. The van der Waals surface area contributed by atoms with Gasteiger partial charge in [0.1, 0.15) is 0 Å². The standard InChI is InChI=1S/C71H80N2/c1-49-13-27-59(28-14-49)72(60-29-15-50(2)16-30-60)63-35-21-55(22-36-63)57-25-39-65-66-40-26-58(56-23-37-64(38-24-56)73(61-31-17-51(3)18-32-61)62-33-19-52(4)20-34-62)46-68(66)71(67(65)45-57,43-41-53(5)47-69(7,8)9)44-42-54(6)48-70(10,11)12/h13-40,45-46,53-54H,41-44,47-48H2,1-12H3. The van der Waals surface area contributed by atoms with E-state index in [4.69, 9.17) is 0 Å². The third-order valence-corrected chi connectivity index (χ3v) is 15.5. The summed E-state index contributed by atoms with van der Waals surface area (Å²) in [4.78, 5) is 4.75. The summed E-state index contributed by atoms with van der Waals surface area (Å²) in [5.41, 5.74) is 23.3. The van der Waals surface area contributed by atoms with Crippen molar-refractivity contribution in [2.75, 3.05) is 9.80 Å². The van der Waals surface area contributed by atoms with Crippen LogP contribution in [0.15, 0.2) is 182 Å². The van der Waals surface area contributed by atoms with E-state index in [0.29, 0.717) is 11.8 Å². The van der Waals surface area contributed by atoms with E-state index in [2.05, 4.69) is 275 Å². The van der Waals surface area contributed by atoms with Gasteiger partial charge in [0, 0.05) is 39.5 Å². The number of fused-ring (bicyclic) bond motifs is 3. The van der Waals surface area contributed by atoms with Gasteiger partial charge in [0.25, 0.3) is 0 Å². The highest BCUT2D eigenvalue weighted by Crippen LogP contribution is 2.57.